The second kappa shape index (κ2) is 12.3. The van der Waals surface area contributed by atoms with Crippen LogP contribution in [-0.4, -0.2) is 69.6 Å². The summed E-state index contributed by atoms with van der Waals surface area (Å²) in [6, 6.07) is 13.1. The van der Waals surface area contributed by atoms with E-state index in [1.165, 1.54) is 23.0 Å². The van der Waals surface area contributed by atoms with Crippen LogP contribution < -0.4 is 19.9 Å². The molecule has 1 atom stereocenters. The first kappa shape index (κ1) is 29.8. The number of aromatic nitrogens is 2. The van der Waals surface area contributed by atoms with Crippen LogP contribution >= 0.6 is 11.8 Å². The van der Waals surface area contributed by atoms with E-state index < -0.39 is 16.4 Å². The van der Waals surface area contributed by atoms with E-state index in [1.54, 1.807) is 48.4 Å². The highest BCUT2D eigenvalue weighted by Gasteiger charge is 2.35. The van der Waals surface area contributed by atoms with Crippen LogP contribution in [0.3, 0.4) is 0 Å². The van der Waals surface area contributed by atoms with Crippen molar-refractivity contribution in [1.29, 1.82) is 0 Å². The zero-order valence-electron chi connectivity index (χ0n) is 23.9. The third-order valence-electron chi connectivity index (χ3n) is 7.02. The molecular formula is C29H31N6O7S+. The Hall–Kier alpha value is -4.72. The molecule has 1 aromatic heterocycles. The zero-order chi connectivity index (χ0) is 30.7. The summed E-state index contributed by atoms with van der Waals surface area (Å²) in [6.45, 7) is 6.97. The number of amides is 2. The first-order chi connectivity index (χ1) is 20.5. The molecule has 0 unspecified atom stereocenters. The predicted molar refractivity (Wildman–Crippen MR) is 158 cm³/mol. The number of non-ortho nitro benzene ring substituents is 1. The van der Waals surface area contributed by atoms with Gasteiger partial charge in [0.05, 0.1) is 28.4 Å². The van der Waals surface area contributed by atoms with Gasteiger partial charge < -0.3 is 9.64 Å². The van der Waals surface area contributed by atoms with Crippen LogP contribution in [0.4, 0.5) is 11.6 Å². The monoisotopic (exact) mass is 607 g/mol. The van der Waals surface area contributed by atoms with E-state index in [0.717, 1.165) is 11.8 Å². The maximum atomic E-state index is 13.6. The van der Waals surface area contributed by atoms with Crippen molar-refractivity contribution in [3.63, 3.8) is 0 Å². The number of carbonyl (C=O) groups excluding carboxylic acids is 3. The molecule has 0 saturated carbocycles. The van der Waals surface area contributed by atoms with Crippen LogP contribution in [0.25, 0.3) is 5.57 Å². The van der Waals surface area contributed by atoms with Crippen LogP contribution in [0.1, 0.15) is 36.7 Å². The molecule has 2 aliphatic rings. The Morgan fingerprint density at radius 1 is 1.14 bits per heavy atom. The highest BCUT2D eigenvalue weighted by molar-refractivity contribution is 8.14. The van der Waals surface area contributed by atoms with E-state index in [9.17, 15) is 24.5 Å². The number of anilines is 1. The van der Waals surface area contributed by atoms with Crippen LogP contribution in [0.5, 0.6) is 5.75 Å². The van der Waals surface area contributed by atoms with Gasteiger partial charge in [0, 0.05) is 48.0 Å². The Bertz CT molecular complexity index is 1580. The normalized spacial score (nSPS) is 16.4. The summed E-state index contributed by atoms with van der Waals surface area (Å²) < 4.78 is 11.2. The van der Waals surface area contributed by atoms with Crippen molar-refractivity contribution >= 4 is 45.8 Å². The number of nitrogens with one attached hydrogen (secondary N) is 1. The summed E-state index contributed by atoms with van der Waals surface area (Å²) in [5.41, 5.74) is 0.454. The summed E-state index contributed by atoms with van der Waals surface area (Å²) in [4.78, 5) is 52.6. The van der Waals surface area contributed by atoms with Crippen molar-refractivity contribution in [1.82, 2.24) is 10.2 Å². The Balaban J connectivity index is 1.16. The summed E-state index contributed by atoms with van der Waals surface area (Å²) in [5, 5.41) is 19.8. The number of carbonyl (C=O) groups is 3. The van der Waals surface area contributed by atoms with Gasteiger partial charge in [0.2, 0.25) is 16.3 Å². The fraction of sp³-hybridized carbons (Fsp3) is 0.345. The molecule has 43 heavy (non-hydrogen) atoms. The molecule has 3 aromatic rings. The third-order valence-corrected chi connectivity index (χ3v) is 8.18. The summed E-state index contributed by atoms with van der Waals surface area (Å²) in [5.74, 6) is -0.122. The minimum Gasteiger partial charge on any atom is -0.483 e. The molecule has 2 amide bonds. The molecule has 2 aromatic carbocycles. The molecule has 0 aliphatic carbocycles. The van der Waals surface area contributed by atoms with Crippen LogP contribution in [0.15, 0.2) is 65.3 Å². The number of rotatable bonds is 8. The largest absolute Gasteiger partial charge is 0.483 e. The standard InChI is InChI=1S/C29H30N6O7S/c1-19(18-43-28(38)20-7-5-4-6-8-20)26(36)30-25-17-34(31-42-25)33-13-11-32(12-14-33)27(37)23-16-29(2,3)41-24-10-9-21(35(39)40)15-22(23)24/h4-10,15-17,19H,11-14,18H2,1-3H3/p+1/t19-/m1/s1. The van der Waals surface area contributed by atoms with Crippen molar-refractivity contribution in [3.8, 4) is 5.75 Å². The van der Waals surface area contributed by atoms with Gasteiger partial charge >= 0.3 is 5.88 Å². The number of ether oxygens (including phenoxy) is 1. The molecule has 3 heterocycles. The lowest BCUT2D eigenvalue weighted by Gasteiger charge is -2.34. The van der Waals surface area contributed by atoms with Gasteiger partial charge in [-0.15, -0.1) is 5.01 Å². The quantitative estimate of drug-likeness (QED) is 0.230. The molecule has 0 radical (unpaired) electrons. The number of piperazine rings is 1. The predicted octanol–water partition coefficient (Wildman–Crippen LogP) is 3.05. The molecule has 1 fully saturated rings. The number of nitro benzene ring substituents is 1. The maximum absolute atomic E-state index is 13.6. The van der Waals surface area contributed by atoms with E-state index in [0.29, 0.717) is 54.4 Å². The van der Waals surface area contributed by atoms with Gasteiger partial charge in [-0.2, -0.15) is 0 Å². The van der Waals surface area contributed by atoms with Crippen LogP contribution in [0.2, 0.25) is 0 Å². The zero-order valence-corrected chi connectivity index (χ0v) is 24.7. The number of nitro groups is 1. The molecular weight excluding hydrogens is 576 g/mol. The highest BCUT2D eigenvalue weighted by atomic mass is 32.2. The van der Waals surface area contributed by atoms with Gasteiger partial charge in [-0.3, -0.25) is 34.3 Å². The fourth-order valence-corrected chi connectivity index (χ4v) is 5.58. The second-order valence-corrected chi connectivity index (χ2v) is 11.8. The molecule has 14 heteroatoms. The summed E-state index contributed by atoms with van der Waals surface area (Å²) in [7, 11) is 0. The van der Waals surface area contributed by atoms with Gasteiger partial charge in [0.15, 0.2) is 0 Å². The van der Waals surface area contributed by atoms with Gasteiger partial charge in [-0.1, -0.05) is 49.0 Å². The Kier molecular flexibility index (Phi) is 8.48. The van der Waals surface area contributed by atoms with Crippen molar-refractivity contribution in [2.75, 3.05) is 42.3 Å². The summed E-state index contributed by atoms with van der Waals surface area (Å²) >= 11 is 1.08. The Morgan fingerprint density at radius 3 is 2.56 bits per heavy atom. The van der Waals surface area contributed by atoms with E-state index >= 15 is 0 Å². The second-order valence-electron chi connectivity index (χ2n) is 10.8. The highest BCUT2D eigenvalue weighted by Crippen LogP contribution is 2.39. The minimum atomic E-state index is -0.763. The van der Waals surface area contributed by atoms with Crippen molar-refractivity contribution in [2.24, 2.45) is 5.92 Å². The Morgan fingerprint density at radius 2 is 1.86 bits per heavy atom. The van der Waals surface area contributed by atoms with Crippen LogP contribution in [0, 0.1) is 16.0 Å². The minimum absolute atomic E-state index is 0.0993. The molecule has 1 saturated heterocycles. The molecule has 0 bridgehead atoms. The number of benzene rings is 2. The topological polar surface area (TPSA) is 152 Å². The first-order valence-electron chi connectivity index (χ1n) is 13.7. The summed E-state index contributed by atoms with van der Waals surface area (Å²) in [6.07, 6.45) is 3.25. The first-order valence-corrected chi connectivity index (χ1v) is 14.7. The fourth-order valence-electron chi connectivity index (χ4n) is 4.73. The van der Waals surface area contributed by atoms with Crippen molar-refractivity contribution < 1.29 is 33.4 Å². The average molecular weight is 608 g/mol. The molecule has 2 aliphatic heterocycles. The molecule has 13 nitrogen and oxygen atoms in total. The average Bonchev–Trinajstić information content (AvgIpc) is 3.47. The molecule has 224 valence electrons. The number of hydrogen-bond acceptors (Lipinski definition) is 10. The SMILES string of the molecule is C[C@H](CSC(=O)c1ccccc1)C(=O)Nc1c[n+](N2CCN(C(=O)C3=CC(C)(C)Oc4ccc([N+](=O)[O-])cc43)CC2)no1. The van der Waals surface area contributed by atoms with Crippen LogP contribution in [-0.2, 0) is 9.59 Å². The molecule has 5 rings (SSSR count). The molecule has 0 spiro atoms. The Labute approximate surface area is 251 Å². The lowest BCUT2D eigenvalue weighted by molar-refractivity contribution is -0.759. The van der Waals surface area contributed by atoms with Gasteiger partial charge in [0.25, 0.3) is 17.8 Å². The maximum Gasteiger partial charge on any atom is 0.305 e. The van der Waals surface area contributed by atoms with Crippen molar-refractivity contribution in [2.45, 2.75) is 26.4 Å². The van der Waals surface area contributed by atoms with E-state index in [2.05, 4.69) is 10.6 Å². The number of nitrogens with zero attached hydrogens (tertiary/aromatic N) is 5. The van der Waals surface area contributed by atoms with Gasteiger partial charge in [0.1, 0.15) is 11.4 Å². The van der Waals surface area contributed by atoms with E-state index in [-0.39, 0.29) is 28.5 Å². The lowest BCUT2D eigenvalue weighted by Crippen LogP contribution is -2.66. The van der Waals surface area contributed by atoms with E-state index in [1.807, 2.05) is 24.9 Å². The van der Waals surface area contributed by atoms with Gasteiger partial charge in [-0.05, 0) is 26.0 Å². The third kappa shape index (κ3) is 6.85. The van der Waals surface area contributed by atoms with Crippen molar-refractivity contribution in [3.05, 3.63) is 82.0 Å². The number of thioether (sulfide) groups is 1. The number of fused-ring (bicyclic) bond motifs is 1. The van der Waals surface area contributed by atoms with E-state index in [4.69, 9.17) is 9.26 Å². The van der Waals surface area contributed by atoms with Gasteiger partial charge in [-0.25, -0.2) is 0 Å². The molecule has 1 N–H and O–H groups in total. The smallest absolute Gasteiger partial charge is 0.305 e. The lowest BCUT2D eigenvalue weighted by atomic mass is 9.93. The number of hydrogen-bond donors (Lipinski definition) is 1.